The average molecular weight is 243 g/mol. The summed E-state index contributed by atoms with van der Waals surface area (Å²) in [5, 5.41) is 2.46. The maximum Gasteiger partial charge on any atom is 0.356 e. The molecule has 0 bridgehead atoms. The summed E-state index contributed by atoms with van der Waals surface area (Å²) < 4.78 is 4.56. The Morgan fingerprint density at radius 1 is 1.67 bits per heavy atom. The van der Waals surface area contributed by atoms with Gasteiger partial charge in [0.2, 0.25) is 0 Å². The molecule has 0 amide bonds. The second-order valence-electron chi connectivity index (χ2n) is 2.77. The number of hydrogen-bond acceptors (Lipinski definition) is 4. The molecule has 1 N–H and O–H groups in total. The number of aromatic nitrogens is 2. The van der Waals surface area contributed by atoms with Crippen LogP contribution in [0.3, 0.4) is 0 Å². The quantitative estimate of drug-likeness (QED) is 0.824. The van der Waals surface area contributed by atoms with Gasteiger partial charge in [0.15, 0.2) is 0 Å². The topological polar surface area (TPSA) is 55.0 Å². The number of carbonyl (C=O) groups is 1. The van der Waals surface area contributed by atoms with Gasteiger partial charge >= 0.3 is 5.97 Å². The lowest BCUT2D eigenvalue weighted by atomic mass is 10.4. The van der Waals surface area contributed by atoms with Crippen LogP contribution >= 0.6 is 22.9 Å². The Hall–Kier alpha value is -1.33. The van der Waals surface area contributed by atoms with E-state index in [4.69, 9.17) is 11.6 Å². The molecule has 15 heavy (non-hydrogen) atoms. The minimum absolute atomic E-state index is 0.331. The molecule has 0 spiro atoms. The summed E-state index contributed by atoms with van der Waals surface area (Å²) in [5.74, 6) is 0.184. The highest BCUT2D eigenvalue weighted by molar-refractivity contribution is 7.14. The molecule has 2 aromatic heterocycles. The number of esters is 1. The molecule has 2 rings (SSSR count). The predicted molar refractivity (Wildman–Crippen MR) is 58.3 cm³/mol. The first kappa shape index (κ1) is 10.2. The minimum atomic E-state index is -0.434. The highest BCUT2D eigenvalue weighted by Gasteiger charge is 2.11. The van der Waals surface area contributed by atoms with Crippen molar-refractivity contribution < 1.29 is 9.53 Å². The maximum absolute atomic E-state index is 11.1. The van der Waals surface area contributed by atoms with Crippen LogP contribution in [-0.4, -0.2) is 23.0 Å². The molecule has 0 unspecified atom stereocenters. The number of imidazole rings is 1. The molecule has 0 atom stereocenters. The van der Waals surface area contributed by atoms with E-state index in [9.17, 15) is 4.79 Å². The fourth-order valence-corrected chi connectivity index (χ4v) is 2.12. The smallest absolute Gasteiger partial charge is 0.356 e. The Bertz CT molecular complexity index is 492. The van der Waals surface area contributed by atoms with Crippen molar-refractivity contribution in [2.45, 2.75) is 0 Å². The van der Waals surface area contributed by atoms with E-state index in [0.717, 1.165) is 4.88 Å². The van der Waals surface area contributed by atoms with Crippen LogP contribution in [0.25, 0.3) is 10.7 Å². The number of rotatable bonds is 2. The number of methoxy groups -OCH3 is 1. The molecule has 2 aromatic rings. The zero-order chi connectivity index (χ0) is 10.8. The molecule has 4 nitrogen and oxygen atoms in total. The largest absolute Gasteiger partial charge is 0.464 e. The number of H-pyrrole nitrogens is 1. The van der Waals surface area contributed by atoms with Gasteiger partial charge in [0.05, 0.1) is 23.2 Å². The summed E-state index contributed by atoms with van der Waals surface area (Å²) in [7, 11) is 1.32. The summed E-state index contributed by atoms with van der Waals surface area (Å²) in [6.45, 7) is 0. The molecular weight excluding hydrogens is 236 g/mol. The standard InChI is InChI=1S/C9H7ClN2O2S/c1-14-9(13)6-3-11-8(12-6)7-2-5(10)4-15-7/h2-4H,1H3,(H,11,12). The summed E-state index contributed by atoms with van der Waals surface area (Å²) in [5.41, 5.74) is 0.331. The van der Waals surface area contributed by atoms with Gasteiger partial charge in [0.1, 0.15) is 11.5 Å². The van der Waals surface area contributed by atoms with Gasteiger partial charge in [-0.3, -0.25) is 0 Å². The zero-order valence-corrected chi connectivity index (χ0v) is 9.35. The van der Waals surface area contributed by atoms with Crippen molar-refractivity contribution in [1.82, 2.24) is 9.97 Å². The second-order valence-corrected chi connectivity index (χ2v) is 4.11. The van der Waals surface area contributed by atoms with Crippen LogP contribution in [0.2, 0.25) is 5.02 Å². The number of nitrogens with one attached hydrogen (secondary N) is 1. The molecule has 0 aliphatic carbocycles. The highest BCUT2D eigenvalue weighted by atomic mass is 35.5. The van der Waals surface area contributed by atoms with E-state index in [1.165, 1.54) is 24.6 Å². The van der Waals surface area contributed by atoms with E-state index < -0.39 is 5.97 Å². The van der Waals surface area contributed by atoms with E-state index in [1.807, 2.05) is 0 Å². The lowest BCUT2D eigenvalue weighted by Crippen LogP contribution is -2.00. The fourth-order valence-electron chi connectivity index (χ4n) is 1.10. The number of halogens is 1. The highest BCUT2D eigenvalue weighted by Crippen LogP contribution is 2.27. The summed E-state index contributed by atoms with van der Waals surface area (Å²) in [6.07, 6.45) is 1.44. The number of carbonyl (C=O) groups excluding carboxylic acids is 1. The first-order valence-electron chi connectivity index (χ1n) is 4.08. The molecular formula is C9H7ClN2O2S. The third-order valence-electron chi connectivity index (χ3n) is 1.78. The van der Waals surface area contributed by atoms with E-state index in [0.29, 0.717) is 16.5 Å². The van der Waals surface area contributed by atoms with Crippen LogP contribution in [-0.2, 0) is 4.74 Å². The molecule has 0 aromatic carbocycles. The molecule has 0 saturated carbocycles. The van der Waals surface area contributed by atoms with Gasteiger partial charge in [-0.15, -0.1) is 11.3 Å². The third-order valence-corrected chi connectivity index (χ3v) is 3.07. The van der Waals surface area contributed by atoms with Crippen molar-refractivity contribution >= 4 is 28.9 Å². The Morgan fingerprint density at radius 2 is 2.47 bits per heavy atom. The van der Waals surface area contributed by atoms with Crippen molar-refractivity contribution in [3.05, 3.63) is 28.4 Å². The number of thiophene rings is 1. The van der Waals surface area contributed by atoms with Gasteiger partial charge < -0.3 is 9.72 Å². The molecule has 6 heteroatoms. The molecule has 0 fully saturated rings. The Balaban J connectivity index is 2.31. The van der Waals surface area contributed by atoms with Crippen molar-refractivity contribution in [3.63, 3.8) is 0 Å². The molecule has 0 aliphatic rings. The maximum atomic E-state index is 11.1. The van der Waals surface area contributed by atoms with E-state index in [2.05, 4.69) is 14.7 Å². The number of nitrogens with zero attached hydrogens (tertiary/aromatic N) is 1. The minimum Gasteiger partial charge on any atom is -0.464 e. The van der Waals surface area contributed by atoms with Crippen LogP contribution in [0.15, 0.2) is 17.6 Å². The monoisotopic (exact) mass is 242 g/mol. The van der Waals surface area contributed by atoms with Crippen LogP contribution in [0.5, 0.6) is 0 Å². The third kappa shape index (κ3) is 2.03. The van der Waals surface area contributed by atoms with Gasteiger partial charge in [-0.1, -0.05) is 11.6 Å². The SMILES string of the molecule is COC(=O)c1cnc(-c2cc(Cl)cs2)[nH]1. The van der Waals surface area contributed by atoms with Gasteiger partial charge in [-0.25, -0.2) is 9.78 Å². The van der Waals surface area contributed by atoms with Crippen molar-refractivity contribution in [2.75, 3.05) is 7.11 Å². The van der Waals surface area contributed by atoms with E-state index in [1.54, 1.807) is 11.4 Å². The summed E-state index contributed by atoms with van der Waals surface area (Å²) in [6, 6.07) is 1.78. The molecule has 0 aliphatic heterocycles. The molecule has 0 saturated heterocycles. The number of aromatic amines is 1. The first-order chi connectivity index (χ1) is 7.20. The van der Waals surface area contributed by atoms with E-state index >= 15 is 0 Å². The van der Waals surface area contributed by atoms with Crippen LogP contribution in [0.4, 0.5) is 0 Å². The average Bonchev–Trinajstić information content (AvgIpc) is 2.84. The second kappa shape index (κ2) is 4.04. The molecule has 2 heterocycles. The first-order valence-corrected chi connectivity index (χ1v) is 5.34. The summed E-state index contributed by atoms with van der Waals surface area (Å²) in [4.78, 5) is 19.0. The summed E-state index contributed by atoms with van der Waals surface area (Å²) >= 11 is 7.24. The Kier molecular flexibility index (Phi) is 2.75. The number of ether oxygens (including phenoxy) is 1. The zero-order valence-electron chi connectivity index (χ0n) is 7.78. The Morgan fingerprint density at radius 3 is 3.07 bits per heavy atom. The van der Waals surface area contributed by atoms with Gasteiger partial charge in [-0.2, -0.15) is 0 Å². The van der Waals surface area contributed by atoms with Crippen molar-refractivity contribution in [3.8, 4) is 10.7 Å². The van der Waals surface area contributed by atoms with Crippen molar-refractivity contribution in [2.24, 2.45) is 0 Å². The molecule has 78 valence electrons. The predicted octanol–water partition coefficient (Wildman–Crippen LogP) is 2.58. The number of hydrogen-bond donors (Lipinski definition) is 1. The van der Waals surface area contributed by atoms with Gasteiger partial charge in [0, 0.05) is 5.38 Å². The van der Waals surface area contributed by atoms with Crippen LogP contribution in [0, 0.1) is 0 Å². The van der Waals surface area contributed by atoms with Crippen LogP contribution < -0.4 is 0 Å². The van der Waals surface area contributed by atoms with Crippen LogP contribution in [0.1, 0.15) is 10.5 Å². The van der Waals surface area contributed by atoms with Crippen molar-refractivity contribution in [1.29, 1.82) is 0 Å². The van der Waals surface area contributed by atoms with E-state index in [-0.39, 0.29) is 0 Å². The van der Waals surface area contributed by atoms with Gasteiger partial charge in [-0.05, 0) is 6.07 Å². The fraction of sp³-hybridized carbons (Fsp3) is 0.111. The lowest BCUT2D eigenvalue weighted by molar-refractivity contribution is 0.0595. The normalized spacial score (nSPS) is 10.3. The Labute approximate surface area is 94.9 Å². The van der Waals surface area contributed by atoms with Gasteiger partial charge in [0.25, 0.3) is 0 Å². The molecule has 0 radical (unpaired) electrons. The lowest BCUT2D eigenvalue weighted by Gasteiger charge is -1.92.